The molecule has 1 saturated heterocycles. The number of nitrogens with zero attached hydrogens (tertiary/aromatic N) is 4. The van der Waals surface area contributed by atoms with Crippen molar-refractivity contribution in [3.05, 3.63) is 64.2 Å². The molecule has 1 fully saturated rings. The highest BCUT2D eigenvalue weighted by molar-refractivity contribution is 7.19. The maximum Gasteiger partial charge on any atom is 0.323 e. The van der Waals surface area contributed by atoms with Gasteiger partial charge in [-0.15, -0.1) is 11.3 Å². The number of morpholine rings is 1. The quantitative estimate of drug-likeness (QED) is 0.492. The number of carbonyl (C=O) groups excluding carboxylic acids is 2. The van der Waals surface area contributed by atoms with Crippen LogP contribution in [0.1, 0.15) is 21.6 Å². The first kappa shape index (κ1) is 24.4. The third kappa shape index (κ3) is 5.43. The maximum atomic E-state index is 12.8. The van der Waals surface area contributed by atoms with Gasteiger partial charge in [0.1, 0.15) is 5.82 Å². The summed E-state index contributed by atoms with van der Waals surface area (Å²) in [5.41, 5.74) is 3.01. The second kappa shape index (κ2) is 10.8. The van der Waals surface area contributed by atoms with E-state index in [9.17, 15) is 9.59 Å². The lowest BCUT2D eigenvalue weighted by atomic mass is 10.1. The Balaban J connectivity index is 1.21. The molecule has 0 saturated carbocycles. The Morgan fingerprint density at radius 3 is 2.86 bits per heavy atom. The number of aryl methyl sites for hydroxylation is 1. The summed E-state index contributed by atoms with van der Waals surface area (Å²) in [7, 11) is 1.82. The number of carbonyl (C=O) groups is 2. The van der Waals surface area contributed by atoms with E-state index in [1.807, 2.05) is 25.2 Å². The monoisotopic (exact) mass is 505 g/mol. The molecule has 0 unspecified atom stereocenters. The summed E-state index contributed by atoms with van der Waals surface area (Å²) in [6.07, 6.45) is 5.06. The highest BCUT2D eigenvalue weighted by atomic mass is 32.1. The minimum Gasteiger partial charge on any atom is -0.379 e. The van der Waals surface area contributed by atoms with Gasteiger partial charge < -0.3 is 14.5 Å². The van der Waals surface area contributed by atoms with E-state index < -0.39 is 0 Å². The van der Waals surface area contributed by atoms with Crippen molar-refractivity contribution in [1.82, 2.24) is 19.7 Å². The minimum atomic E-state index is -0.125. The predicted molar refractivity (Wildman–Crippen MR) is 143 cm³/mol. The smallest absolute Gasteiger partial charge is 0.323 e. The van der Waals surface area contributed by atoms with Gasteiger partial charge in [-0.1, -0.05) is 18.2 Å². The molecule has 188 valence electrons. The van der Waals surface area contributed by atoms with Gasteiger partial charge >= 0.3 is 6.03 Å². The lowest BCUT2D eigenvalue weighted by molar-refractivity contribution is -0.125. The summed E-state index contributed by atoms with van der Waals surface area (Å²) >= 11 is 1.74. The Labute approximate surface area is 215 Å². The average molecular weight is 506 g/mol. The Hall–Kier alpha value is -3.27. The van der Waals surface area contributed by atoms with Gasteiger partial charge in [0.2, 0.25) is 5.91 Å². The van der Waals surface area contributed by atoms with Crippen LogP contribution in [-0.2, 0) is 22.6 Å². The number of ether oxygens (including phenoxy) is 1. The molecule has 3 aromatic rings. The molecule has 0 radical (unpaired) electrons. The standard InChI is InChI=1S/C27H31N5O3S/c1-19-22-5-3-4-6-23(22)36-24(19)18-30(2)25(33)8-7-20-15-21-17-32(27(34)29-26(21)28-16-20)10-9-31-11-13-35-14-12-31/h3-8,15-16H,9-14,17-18H2,1-2H3,(H,28,29,34). The Morgan fingerprint density at radius 1 is 1.25 bits per heavy atom. The average Bonchev–Trinajstić information content (AvgIpc) is 3.21. The van der Waals surface area contributed by atoms with Crippen LogP contribution >= 0.6 is 11.3 Å². The van der Waals surface area contributed by atoms with E-state index >= 15 is 0 Å². The van der Waals surface area contributed by atoms with E-state index in [0.717, 1.165) is 44.0 Å². The van der Waals surface area contributed by atoms with Crippen LogP contribution < -0.4 is 5.32 Å². The number of hydrogen-bond donors (Lipinski definition) is 1. The summed E-state index contributed by atoms with van der Waals surface area (Å²) in [4.78, 5) is 36.8. The van der Waals surface area contributed by atoms with E-state index in [1.54, 1.807) is 39.5 Å². The summed E-state index contributed by atoms with van der Waals surface area (Å²) in [6, 6.07) is 10.2. The molecule has 0 aliphatic carbocycles. The molecular formula is C27H31N5O3S. The number of nitrogens with one attached hydrogen (secondary N) is 1. The molecule has 0 atom stereocenters. The van der Waals surface area contributed by atoms with Crippen molar-refractivity contribution in [1.29, 1.82) is 0 Å². The fourth-order valence-corrected chi connectivity index (χ4v) is 5.81. The van der Waals surface area contributed by atoms with Gasteiger partial charge in [0.25, 0.3) is 0 Å². The zero-order valence-corrected chi connectivity index (χ0v) is 21.5. The van der Waals surface area contributed by atoms with Crippen LogP contribution in [0, 0.1) is 6.92 Å². The van der Waals surface area contributed by atoms with Gasteiger partial charge in [0.05, 0.1) is 26.3 Å². The van der Waals surface area contributed by atoms with Crippen LogP contribution in [0.15, 0.2) is 42.6 Å². The number of thiophene rings is 1. The summed E-state index contributed by atoms with van der Waals surface area (Å²) in [5.74, 6) is 0.522. The van der Waals surface area contributed by atoms with Crippen LogP contribution in [0.2, 0.25) is 0 Å². The topological polar surface area (TPSA) is 78.0 Å². The van der Waals surface area contributed by atoms with E-state index in [1.165, 1.54) is 20.5 Å². The van der Waals surface area contributed by atoms with E-state index in [2.05, 4.69) is 34.3 Å². The second-order valence-corrected chi connectivity index (χ2v) is 10.4. The largest absolute Gasteiger partial charge is 0.379 e. The fourth-order valence-electron chi connectivity index (χ4n) is 4.54. The Bertz CT molecular complexity index is 1300. The number of pyridine rings is 1. The Kier molecular flexibility index (Phi) is 7.31. The minimum absolute atomic E-state index is 0.0648. The molecule has 1 N–H and O–H groups in total. The van der Waals surface area contributed by atoms with Crippen molar-refractivity contribution in [3.8, 4) is 0 Å². The van der Waals surface area contributed by atoms with Gasteiger partial charge in [-0.3, -0.25) is 15.0 Å². The molecule has 36 heavy (non-hydrogen) atoms. The number of aromatic nitrogens is 1. The molecule has 2 aliphatic rings. The number of rotatable bonds is 7. The maximum absolute atomic E-state index is 12.8. The molecule has 3 amide bonds. The van der Waals surface area contributed by atoms with Crippen molar-refractivity contribution in [2.24, 2.45) is 0 Å². The first-order chi connectivity index (χ1) is 17.5. The predicted octanol–water partition coefficient (Wildman–Crippen LogP) is 3.96. The molecule has 0 bridgehead atoms. The molecule has 4 heterocycles. The first-order valence-corrected chi connectivity index (χ1v) is 13.0. The van der Waals surface area contributed by atoms with E-state index in [0.29, 0.717) is 25.5 Å². The zero-order chi connectivity index (χ0) is 25.1. The molecule has 9 heteroatoms. The van der Waals surface area contributed by atoms with Gasteiger partial charge in [0, 0.05) is 60.6 Å². The molecule has 2 aliphatic heterocycles. The highest BCUT2D eigenvalue weighted by Gasteiger charge is 2.24. The summed E-state index contributed by atoms with van der Waals surface area (Å²) in [6.45, 7) is 7.93. The molecule has 8 nitrogen and oxygen atoms in total. The number of amides is 3. The first-order valence-electron chi connectivity index (χ1n) is 12.2. The normalized spacial score (nSPS) is 16.4. The number of fused-ring (bicyclic) bond motifs is 2. The van der Waals surface area contributed by atoms with Crippen LogP contribution in [0.5, 0.6) is 0 Å². The number of anilines is 1. The zero-order valence-electron chi connectivity index (χ0n) is 20.7. The van der Waals surface area contributed by atoms with Gasteiger partial charge in [0.15, 0.2) is 0 Å². The van der Waals surface area contributed by atoms with E-state index in [-0.39, 0.29) is 11.9 Å². The number of urea groups is 1. The summed E-state index contributed by atoms with van der Waals surface area (Å²) in [5, 5.41) is 4.14. The van der Waals surface area contributed by atoms with Gasteiger partial charge in [-0.05, 0) is 41.6 Å². The molecule has 0 spiro atoms. The van der Waals surface area contributed by atoms with Crippen molar-refractivity contribution in [2.45, 2.75) is 20.0 Å². The molecule has 2 aromatic heterocycles. The highest BCUT2D eigenvalue weighted by Crippen LogP contribution is 2.31. The van der Waals surface area contributed by atoms with Crippen molar-refractivity contribution >= 4 is 45.3 Å². The SMILES string of the molecule is Cc1c(CN(C)C(=O)C=Cc2cnc3c(c2)CN(CCN2CCOCC2)C(=O)N3)sc2ccccc12. The molecule has 5 rings (SSSR count). The van der Waals surface area contributed by atoms with Crippen molar-refractivity contribution in [3.63, 3.8) is 0 Å². The second-order valence-electron chi connectivity index (χ2n) is 9.26. The van der Waals surface area contributed by atoms with Crippen molar-refractivity contribution < 1.29 is 14.3 Å². The third-order valence-electron chi connectivity index (χ3n) is 6.77. The van der Waals surface area contributed by atoms with Crippen LogP contribution in [-0.4, -0.2) is 78.1 Å². The molecule has 1 aromatic carbocycles. The number of likely N-dealkylation sites (N-methyl/N-ethyl adjacent to an activating group) is 1. The van der Waals surface area contributed by atoms with Crippen LogP contribution in [0.3, 0.4) is 0 Å². The third-order valence-corrected chi connectivity index (χ3v) is 8.03. The Morgan fingerprint density at radius 2 is 2.06 bits per heavy atom. The van der Waals surface area contributed by atoms with Gasteiger partial charge in [-0.25, -0.2) is 9.78 Å². The summed E-state index contributed by atoms with van der Waals surface area (Å²) < 4.78 is 6.64. The van der Waals surface area contributed by atoms with E-state index in [4.69, 9.17) is 4.74 Å². The van der Waals surface area contributed by atoms with Crippen LogP contribution in [0.4, 0.5) is 10.6 Å². The number of hydrogen-bond acceptors (Lipinski definition) is 6. The number of benzene rings is 1. The van der Waals surface area contributed by atoms with Gasteiger partial charge in [-0.2, -0.15) is 0 Å². The lowest BCUT2D eigenvalue weighted by Crippen LogP contribution is -2.45. The van der Waals surface area contributed by atoms with Crippen LogP contribution in [0.25, 0.3) is 16.2 Å². The lowest BCUT2D eigenvalue weighted by Gasteiger charge is -2.32. The fraction of sp³-hybridized carbons (Fsp3) is 0.370. The molecular weight excluding hydrogens is 474 g/mol. The van der Waals surface area contributed by atoms with Crippen molar-refractivity contribution in [2.75, 3.05) is 51.8 Å².